The fourth-order valence-electron chi connectivity index (χ4n) is 2.19. The van der Waals surface area contributed by atoms with Crippen LogP contribution in [0.25, 0.3) is 4.96 Å². The molecular formula is C15H12F3N3OS. The Labute approximate surface area is 133 Å². The average Bonchev–Trinajstić information content (AvgIpc) is 2.86. The van der Waals surface area contributed by atoms with Crippen LogP contribution in [0.4, 0.5) is 18.9 Å². The number of anilines is 1. The maximum Gasteiger partial charge on any atom is 0.416 e. The molecule has 0 spiro atoms. The van der Waals surface area contributed by atoms with Crippen molar-refractivity contribution in [1.82, 2.24) is 9.38 Å². The second-order valence-corrected chi connectivity index (χ2v) is 5.85. The molecule has 0 aliphatic heterocycles. The van der Waals surface area contributed by atoms with Gasteiger partial charge in [0.25, 0.3) is 5.56 Å². The summed E-state index contributed by atoms with van der Waals surface area (Å²) in [5, 5.41) is 4.69. The standard InChI is InChI=1S/C15H12F3N3OS/c1-9-8-23-14-20-12(6-13(22)21(9)14)7-19-11-4-2-3-10(5-11)15(16,17)18/h2-6,8,19H,7H2,1H3. The zero-order valence-corrected chi connectivity index (χ0v) is 12.8. The lowest BCUT2D eigenvalue weighted by atomic mass is 10.2. The van der Waals surface area contributed by atoms with Gasteiger partial charge in [0.15, 0.2) is 4.96 Å². The summed E-state index contributed by atoms with van der Waals surface area (Å²) in [5.74, 6) is 0. The molecule has 1 aromatic carbocycles. The van der Waals surface area contributed by atoms with E-state index in [-0.39, 0.29) is 12.1 Å². The number of alkyl halides is 3. The molecule has 0 atom stereocenters. The van der Waals surface area contributed by atoms with Crippen molar-refractivity contribution in [2.45, 2.75) is 19.6 Å². The fourth-order valence-corrected chi connectivity index (χ4v) is 3.08. The number of rotatable bonds is 3. The minimum atomic E-state index is -4.39. The van der Waals surface area contributed by atoms with E-state index in [9.17, 15) is 18.0 Å². The Bertz CT molecular complexity index is 914. The summed E-state index contributed by atoms with van der Waals surface area (Å²) in [6.07, 6.45) is -4.39. The van der Waals surface area contributed by atoms with E-state index < -0.39 is 11.7 Å². The molecule has 0 saturated carbocycles. The van der Waals surface area contributed by atoms with Crippen molar-refractivity contribution in [2.24, 2.45) is 0 Å². The molecule has 0 saturated heterocycles. The second-order valence-electron chi connectivity index (χ2n) is 5.01. The lowest BCUT2D eigenvalue weighted by Gasteiger charge is -2.10. The van der Waals surface area contributed by atoms with Gasteiger partial charge in [-0.25, -0.2) is 4.98 Å². The Morgan fingerprint density at radius 1 is 1.30 bits per heavy atom. The van der Waals surface area contributed by atoms with Crippen LogP contribution in [0.5, 0.6) is 0 Å². The van der Waals surface area contributed by atoms with E-state index in [0.717, 1.165) is 17.8 Å². The van der Waals surface area contributed by atoms with Crippen LogP contribution >= 0.6 is 11.3 Å². The minimum absolute atomic E-state index is 0.171. The summed E-state index contributed by atoms with van der Waals surface area (Å²) in [7, 11) is 0. The molecule has 0 unspecified atom stereocenters. The highest BCUT2D eigenvalue weighted by molar-refractivity contribution is 7.15. The molecule has 4 nitrogen and oxygen atoms in total. The van der Waals surface area contributed by atoms with Crippen LogP contribution in [0.1, 0.15) is 17.0 Å². The first kappa shape index (κ1) is 15.5. The predicted octanol–water partition coefficient (Wildman–Crippen LogP) is 3.70. The Hall–Kier alpha value is -2.35. The largest absolute Gasteiger partial charge is 0.416 e. The zero-order chi connectivity index (χ0) is 16.6. The number of hydrogen-bond donors (Lipinski definition) is 1. The molecule has 120 valence electrons. The number of hydrogen-bond acceptors (Lipinski definition) is 4. The number of thiazole rings is 1. The first-order valence-corrected chi connectivity index (χ1v) is 7.60. The monoisotopic (exact) mass is 339 g/mol. The molecule has 8 heteroatoms. The Morgan fingerprint density at radius 2 is 2.09 bits per heavy atom. The molecule has 3 aromatic rings. The van der Waals surface area contributed by atoms with Gasteiger partial charge in [0.1, 0.15) is 0 Å². The van der Waals surface area contributed by atoms with Gasteiger partial charge in [0.2, 0.25) is 0 Å². The molecule has 23 heavy (non-hydrogen) atoms. The smallest absolute Gasteiger partial charge is 0.379 e. The average molecular weight is 339 g/mol. The topological polar surface area (TPSA) is 46.4 Å². The molecule has 0 aliphatic carbocycles. The van der Waals surface area contributed by atoms with Crippen molar-refractivity contribution >= 4 is 22.0 Å². The molecule has 0 bridgehead atoms. The number of halogens is 3. The van der Waals surface area contributed by atoms with Crippen LogP contribution in [-0.2, 0) is 12.7 Å². The van der Waals surface area contributed by atoms with Gasteiger partial charge < -0.3 is 5.32 Å². The maximum absolute atomic E-state index is 12.7. The second kappa shape index (κ2) is 5.69. The van der Waals surface area contributed by atoms with Gasteiger partial charge in [-0.2, -0.15) is 13.2 Å². The van der Waals surface area contributed by atoms with Gasteiger partial charge in [-0.1, -0.05) is 6.07 Å². The van der Waals surface area contributed by atoms with E-state index in [1.54, 1.807) is 0 Å². The SMILES string of the molecule is Cc1csc2nc(CNc3cccc(C(F)(F)F)c3)cc(=O)n12. The zero-order valence-electron chi connectivity index (χ0n) is 12.0. The summed E-state index contributed by atoms with van der Waals surface area (Å²) in [4.78, 5) is 16.9. The molecular weight excluding hydrogens is 327 g/mol. The van der Waals surface area contributed by atoms with Gasteiger partial charge in [-0.3, -0.25) is 9.20 Å². The van der Waals surface area contributed by atoms with Crippen molar-refractivity contribution in [1.29, 1.82) is 0 Å². The van der Waals surface area contributed by atoms with E-state index in [1.165, 1.54) is 33.9 Å². The fraction of sp³-hybridized carbons (Fsp3) is 0.200. The molecule has 2 heterocycles. The number of benzene rings is 1. The van der Waals surface area contributed by atoms with Crippen molar-refractivity contribution in [2.75, 3.05) is 5.32 Å². The molecule has 3 rings (SSSR count). The van der Waals surface area contributed by atoms with Crippen LogP contribution < -0.4 is 10.9 Å². The van der Waals surface area contributed by atoms with Crippen LogP contribution in [0, 0.1) is 6.92 Å². The summed E-state index contributed by atoms with van der Waals surface area (Å²) in [5.41, 5.74) is 0.688. The third-order valence-corrected chi connectivity index (χ3v) is 4.24. The van der Waals surface area contributed by atoms with E-state index in [0.29, 0.717) is 16.3 Å². The number of aryl methyl sites for hydroxylation is 1. The van der Waals surface area contributed by atoms with E-state index in [1.807, 2.05) is 12.3 Å². The Morgan fingerprint density at radius 3 is 2.83 bits per heavy atom. The third-order valence-electron chi connectivity index (χ3n) is 3.29. The molecule has 1 N–H and O–H groups in total. The molecule has 0 aliphatic rings. The van der Waals surface area contributed by atoms with Crippen LogP contribution in [0.3, 0.4) is 0 Å². The van der Waals surface area contributed by atoms with Crippen molar-refractivity contribution in [3.8, 4) is 0 Å². The quantitative estimate of drug-likeness (QED) is 0.791. The van der Waals surface area contributed by atoms with E-state index >= 15 is 0 Å². The highest BCUT2D eigenvalue weighted by atomic mass is 32.1. The first-order valence-electron chi connectivity index (χ1n) is 6.72. The number of fused-ring (bicyclic) bond motifs is 1. The first-order chi connectivity index (χ1) is 10.8. The van der Waals surface area contributed by atoms with Gasteiger partial charge in [0.05, 0.1) is 17.8 Å². The summed E-state index contributed by atoms with van der Waals surface area (Å²) >= 11 is 1.35. The van der Waals surface area contributed by atoms with Crippen molar-refractivity contribution in [3.05, 3.63) is 63.0 Å². The normalized spacial score (nSPS) is 11.8. The highest BCUT2D eigenvalue weighted by Gasteiger charge is 2.30. The summed E-state index contributed by atoms with van der Waals surface area (Å²) in [6, 6.07) is 6.29. The lowest BCUT2D eigenvalue weighted by molar-refractivity contribution is -0.137. The van der Waals surface area contributed by atoms with Gasteiger partial charge in [0, 0.05) is 22.8 Å². The van der Waals surface area contributed by atoms with Crippen molar-refractivity contribution < 1.29 is 13.2 Å². The van der Waals surface area contributed by atoms with E-state index in [4.69, 9.17) is 0 Å². The predicted molar refractivity (Wildman–Crippen MR) is 82.8 cm³/mol. The van der Waals surface area contributed by atoms with Gasteiger partial charge >= 0.3 is 6.18 Å². The summed E-state index contributed by atoms with van der Waals surface area (Å²) < 4.78 is 39.5. The van der Waals surface area contributed by atoms with Gasteiger partial charge in [-0.05, 0) is 25.1 Å². The lowest BCUT2D eigenvalue weighted by Crippen LogP contribution is -2.16. The van der Waals surface area contributed by atoms with E-state index in [2.05, 4.69) is 10.3 Å². The van der Waals surface area contributed by atoms with Gasteiger partial charge in [-0.15, -0.1) is 11.3 Å². The molecule has 0 fully saturated rings. The van der Waals surface area contributed by atoms with Crippen molar-refractivity contribution in [3.63, 3.8) is 0 Å². The third kappa shape index (κ3) is 3.21. The Balaban J connectivity index is 1.82. The molecule has 0 radical (unpaired) electrons. The highest BCUT2D eigenvalue weighted by Crippen LogP contribution is 2.30. The Kier molecular flexibility index (Phi) is 3.85. The maximum atomic E-state index is 12.7. The molecule has 2 aromatic heterocycles. The minimum Gasteiger partial charge on any atom is -0.379 e. The number of aromatic nitrogens is 2. The summed E-state index contributed by atoms with van der Waals surface area (Å²) in [6.45, 7) is 1.98. The molecule has 0 amide bonds. The van der Waals surface area contributed by atoms with Crippen LogP contribution in [-0.4, -0.2) is 9.38 Å². The number of nitrogens with one attached hydrogen (secondary N) is 1. The van der Waals surface area contributed by atoms with Crippen LogP contribution in [0.2, 0.25) is 0 Å². The number of nitrogens with zero attached hydrogens (tertiary/aromatic N) is 2. The van der Waals surface area contributed by atoms with Crippen LogP contribution in [0.15, 0.2) is 40.5 Å².